The van der Waals surface area contributed by atoms with E-state index in [1.807, 2.05) is 0 Å². The molecule has 1 heterocycles. The average molecular weight is 368 g/mol. The molecule has 0 radical (unpaired) electrons. The molecule has 1 aromatic carbocycles. The van der Waals surface area contributed by atoms with Crippen molar-refractivity contribution in [3.8, 4) is 5.75 Å². The number of rotatable bonds is 6. The van der Waals surface area contributed by atoms with Crippen LogP contribution in [0.5, 0.6) is 5.75 Å². The fourth-order valence-electron chi connectivity index (χ4n) is 2.97. The van der Waals surface area contributed by atoms with Crippen molar-refractivity contribution in [1.29, 1.82) is 0 Å². The lowest BCUT2D eigenvalue weighted by Crippen LogP contribution is -3.10. The van der Waals surface area contributed by atoms with Gasteiger partial charge in [0.2, 0.25) is 10.0 Å². The van der Waals surface area contributed by atoms with Crippen molar-refractivity contribution in [1.82, 2.24) is 4.31 Å². The lowest BCUT2D eigenvalue weighted by Gasteiger charge is -2.32. The first-order chi connectivity index (χ1) is 11.8. The van der Waals surface area contributed by atoms with Crippen LogP contribution in [0.4, 0.5) is 0 Å². The summed E-state index contributed by atoms with van der Waals surface area (Å²) in [5, 5.41) is 10.6. The second kappa shape index (κ2) is 7.99. The van der Waals surface area contributed by atoms with E-state index in [1.54, 1.807) is 13.1 Å². The van der Waals surface area contributed by atoms with E-state index < -0.39 is 16.0 Å². The van der Waals surface area contributed by atoms with Crippen LogP contribution in [0.3, 0.4) is 0 Å². The first kappa shape index (κ1) is 19.4. The summed E-state index contributed by atoms with van der Waals surface area (Å²) in [5.41, 5.74) is 0.449. The number of nitrogens with zero attached hydrogens (tertiary/aromatic N) is 1. The Kier molecular flexibility index (Phi) is 6.21. The van der Waals surface area contributed by atoms with Crippen molar-refractivity contribution in [2.24, 2.45) is 0 Å². The van der Waals surface area contributed by atoms with Crippen LogP contribution in [0.15, 0.2) is 29.2 Å². The van der Waals surface area contributed by atoms with E-state index >= 15 is 0 Å². The lowest BCUT2D eigenvalue weighted by molar-refractivity contribution is -0.885. The quantitative estimate of drug-likeness (QED) is 0.634. The number of piperidine rings is 1. The summed E-state index contributed by atoms with van der Waals surface area (Å²) in [4.78, 5) is 12.0. The molecular formula is C17H24N2O5S. The predicted molar refractivity (Wildman–Crippen MR) is 91.6 cm³/mol. The maximum Gasteiger partial charge on any atom is 0.246 e. The molecule has 1 fully saturated rings. The molecule has 0 atom stereocenters. The average Bonchev–Trinajstić information content (AvgIpc) is 2.59. The maximum atomic E-state index is 13.1. The van der Waals surface area contributed by atoms with E-state index in [1.165, 1.54) is 34.5 Å². The molecule has 8 heteroatoms. The molecule has 0 aliphatic carbocycles. The van der Waals surface area contributed by atoms with Gasteiger partial charge in [-0.25, -0.2) is 8.42 Å². The lowest BCUT2D eigenvalue weighted by atomic mass is 10.1. The highest BCUT2D eigenvalue weighted by Gasteiger charge is 2.33. The summed E-state index contributed by atoms with van der Waals surface area (Å²) in [5.74, 6) is -1.11. The van der Waals surface area contributed by atoms with Gasteiger partial charge in [0.1, 0.15) is 10.6 Å². The summed E-state index contributed by atoms with van der Waals surface area (Å²) < 4.78 is 32.7. The van der Waals surface area contributed by atoms with Crippen LogP contribution in [0.25, 0.3) is 6.08 Å². The maximum absolute atomic E-state index is 13.1. The molecule has 0 unspecified atom stereocenters. The Morgan fingerprint density at radius 2 is 2.00 bits per heavy atom. The van der Waals surface area contributed by atoms with E-state index in [0.717, 1.165) is 32.0 Å². The molecular weight excluding hydrogens is 344 g/mol. The smallest absolute Gasteiger partial charge is 0.246 e. The number of sulfonamides is 1. The van der Waals surface area contributed by atoms with Gasteiger partial charge >= 0.3 is 0 Å². The zero-order valence-electron chi connectivity index (χ0n) is 14.7. The number of ether oxygens (including phenoxy) is 1. The van der Waals surface area contributed by atoms with Gasteiger partial charge in [0.15, 0.2) is 0 Å². The number of hydrogen-bond donors (Lipinski definition) is 1. The highest BCUT2D eigenvalue weighted by molar-refractivity contribution is 7.89. The second-order valence-electron chi connectivity index (χ2n) is 6.27. The van der Waals surface area contributed by atoms with Crippen LogP contribution in [-0.2, 0) is 14.8 Å². The van der Waals surface area contributed by atoms with Gasteiger partial charge in [-0.2, -0.15) is 4.31 Å². The third-order valence-corrected chi connectivity index (χ3v) is 6.51. The monoisotopic (exact) mass is 368 g/mol. The topological polar surface area (TPSA) is 91.2 Å². The predicted octanol–water partition coefficient (Wildman–Crippen LogP) is -1.24. The van der Waals surface area contributed by atoms with E-state index in [2.05, 4.69) is 7.05 Å². The molecule has 1 N–H and O–H groups in total. The second-order valence-corrected chi connectivity index (χ2v) is 8.24. The number of carboxylic acid groups (broad SMARTS) is 1. The van der Waals surface area contributed by atoms with Gasteiger partial charge in [0.05, 0.1) is 33.2 Å². The summed E-state index contributed by atoms with van der Waals surface area (Å²) >= 11 is 0. The number of hydrogen-bond acceptors (Lipinski definition) is 5. The van der Waals surface area contributed by atoms with Crippen molar-refractivity contribution < 1.29 is 28.0 Å². The van der Waals surface area contributed by atoms with Gasteiger partial charge in [-0.05, 0) is 23.8 Å². The normalized spacial score (nSPS) is 21.6. The fraction of sp³-hybridized carbons (Fsp3) is 0.471. The van der Waals surface area contributed by atoms with E-state index in [-0.39, 0.29) is 16.7 Å². The van der Waals surface area contributed by atoms with E-state index in [9.17, 15) is 18.3 Å². The van der Waals surface area contributed by atoms with Crippen LogP contribution in [0.2, 0.25) is 0 Å². The Morgan fingerprint density at radius 3 is 2.56 bits per heavy atom. The Balaban J connectivity index is 2.36. The number of benzene rings is 1. The number of carbonyl (C=O) groups is 1. The van der Waals surface area contributed by atoms with Crippen LogP contribution in [0.1, 0.15) is 18.4 Å². The van der Waals surface area contributed by atoms with Gasteiger partial charge < -0.3 is 19.5 Å². The summed E-state index contributed by atoms with van der Waals surface area (Å²) in [6, 6.07) is 4.48. The molecule has 2 rings (SSSR count). The molecule has 1 aliphatic heterocycles. The van der Waals surface area contributed by atoms with Crippen molar-refractivity contribution in [2.45, 2.75) is 23.8 Å². The molecule has 25 heavy (non-hydrogen) atoms. The van der Waals surface area contributed by atoms with Gasteiger partial charge in [0.25, 0.3) is 0 Å². The van der Waals surface area contributed by atoms with E-state index in [0.29, 0.717) is 5.56 Å². The number of quaternary nitrogens is 1. The molecule has 7 nitrogen and oxygen atoms in total. The Hall–Kier alpha value is -1.90. The van der Waals surface area contributed by atoms with E-state index in [4.69, 9.17) is 4.74 Å². The van der Waals surface area contributed by atoms with Gasteiger partial charge in [-0.3, -0.25) is 0 Å². The molecule has 1 aliphatic rings. The molecule has 0 spiro atoms. The van der Waals surface area contributed by atoms with Crippen molar-refractivity contribution >= 4 is 22.1 Å². The third kappa shape index (κ3) is 4.59. The van der Waals surface area contributed by atoms with Gasteiger partial charge in [-0.15, -0.1) is 0 Å². The summed E-state index contributed by atoms with van der Waals surface area (Å²) in [6.07, 6.45) is 3.76. The summed E-state index contributed by atoms with van der Waals surface area (Å²) in [7, 11) is 1.33. The van der Waals surface area contributed by atoms with Crippen LogP contribution in [0, 0.1) is 0 Å². The van der Waals surface area contributed by atoms with Crippen molar-refractivity contribution in [3.05, 3.63) is 29.8 Å². The number of carbonyl (C=O) groups excluding carboxylic acids is 1. The molecule has 1 saturated heterocycles. The molecule has 0 saturated carbocycles. The molecule has 1 aromatic rings. The minimum Gasteiger partial charge on any atom is -0.545 e. The Labute approximate surface area is 148 Å². The standard InChI is InChI=1S/C17H24N2O5S/c1-18-10-8-14(9-11-18)19(2)25(22,23)16-12-13(5-7-17(20)21)4-6-15(16)24-3/h4-7,12,14H,8-11H2,1-3H3,(H,20,21)/b7-5+. The minimum atomic E-state index is -3.76. The fourth-order valence-corrected chi connectivity index (χ4v) is 4.58. The number of aliphatic carboxylic acids is 1. The minimum absolute atomic E-state index is 0.0317. The van der Waals surface area contributed by atoms with Crippen LogP contribution < -0.4 is 14.7 Å². The highest BCUT2D eigenvalue weighted by Crippen LogP contribution is 2.29. The largest absolute Gasteiger partial charge is 0.545 e. The van der Waals surface area contributed by atoms with Crippen LogP contribution >= 0.6 is 0 Å². The number of nitrogens with one attached hydrogen (secondary N) is 1. The Bertz CT molecular complexity index is 752. The molecule has 138 valence electrons. The molecule has 0 amide bonds. The van der Waals surface area contributed by atoms with Gasteiger partial charge in [-0.1, -0.05) is 12.1 Å². The zero-order valence-corrected chi connectivity index (χ0v) is 15.5. The molecule has 0 aromatic heterocycles. The molecule has 0 bridgehead atoms. The van der Waals surface area contributed by atoms with Gasteiger partial charge in [0, 0.05) is 25.9 Å². The first-order valence-corrected chi connectivity index (χ1v) is 9.56. The first-order valence-electron chi connectivity index (χ1n) is 8.12. The Morgan fingerprint density at radius 1 is 1.36 bits per heavy atom. The highest BCUT2D eigenvalue weighted by atomic mass is 32.2. The third-order valence-electron chi connectivity index (χ3n) is 4.58. The van der Waals surface area contributed by atoms with Crippen LogP contribution in [-0.4, -0.2) is 59.0 Å². The number of methoxy groups -OCH3 is 1. The zero-order chi connectivity index (χ0) is 18.6. The number of likely N-dealkylation sites (tertiary alicyclic amines) is 1. The van der Waals surface area contributed by atoms with Crippen molar-refractivity contribution in [2.75, 3.05) is 34.3 Å². The van der Waals surface area contributed by atoms with Crippen molar-refractivity contribution in [3.63, 3.8) is 0 Å². The SMILES string of the molecule is COc1ccc(/C=C/C(=O)[O-])cc1S(=O)(=O)N(C)C1CC[NH+](C)CC1. The summed E-state index contributed by atoms with van der Waals surface area (Å²) in [6.45, 7) is 1.85. The number of carboxylic acids is 1.